The minimum Gasteiger partial charge on any atom is -0.378 e. The van der Waals surface area contributed by atoms with Crippen LogP contribution in [-0.2, 0) is 27.8 Å². The monoisotopic (exact) mass is 456 g/mol. The van der Waals surface area contributed by atoms with E-state index < -0.39 is 15.8 Å². The highest BCUT2D eigenvalue weighted by atomic mass is 35.5. The van der Waals surface area contributed by atoms with Gasteiger partial charge in [-0.3, -0.25) is 0 Å². The van der Waals surface area contributed by atoms with Crippen LogP contribution >= 0.6 is 11.6 Å². The molecule has 1 aromatic heterocycles. The van der Waals surface area contributed by atoms with Crippen LogP contribution in [0, 0.1) is 12.7 Å². The Morgan fingerprint density at radius 3 is 2.47 bits per heavy atom. The van der Waals surface area contributed by atoms with Gasteiger partial charge in [0.1, 0.15) is 17.5 Å². The molecule has 0 amide bonds. The third kappa shape index (κ3) is 4.91. The molecular formula is C20H26ClFN4O3S. The van der Waals surface area contributed by atoms with E-state index in [4.69, 9.17) is 16.3 Å². The summed E-state index contributed by atoms with van der Waals surface area (Å²) in [7, 11) is -1.66. The molecule has 1 aliphatic heterocycles. The van der Waals surface area contributed by atoms with Crippen molar-refractivity contribution in [2.45, 2.75) is 26.9 Å². The maximum absolute atomic E-state index is 14.5. The van der Waals surface area contributed by atoms with Gasteiger partial charge >= 0.3 is 0 Å². The molecule has 30 heavy (non-hydrogen) atoms. The highest BCUT2D eigenvalue weighted by Crippen LogP contribution is 2.30. The predicted molar refractivity (Wildman–Crippen MR) is 115 cm³/mol. The van der Waals surface area contributed by atoms with E-state index >= 15 is 0 Å². The van der Waals surface area contributed by atoms with Crippen molar-refractivity contribution >= 4 is 27.4 Å². The second kappa shape index (κ2) is 9.55. The molecule has 2 heterocycles. The number of anilines is 1. The van der Waals surface area contributed by atoms with Crippen LogP contribution in [0.15, 0.2) is 18.2 Å². The SMILES string of the molecule is CCS(=O)(=O)N1CCN(c2nc(C)nc(COC)c2Cc2c(F)cccc2Cl)CC1. The summed E-state index contributed by atoms with van der Waals surface area (Å²) in [6.07, 6.45) is 0.216. The molecule has 0 bridgehead atoms. The quantitative estimate of drug-likeness (QED) is 0.637. The molecule has 1 aromatic carbocycles. The fourth-order valence-corrected chi connectivity index (χ4v) is 4.89. The number of aryl methyl sites for hydroxylation is 1. The van der Waals surface area contributed by atoms with Gasteiger partial charge in [-0.25, -0.2) is 22.8 Å². The summed E-state index contributed by atoms with van der Waals surface area (Å²) >= 11 is 6.26. The van der Waals surface area contributed by atoms with Crippen molar-refractivity contribution < 1.29 is 17.5 Å². The average molecular weight is 457 g/mol. The minimum absolute atomic E-state index is 0.0780. The van der Waals surface area contributed by atoms with Gasteiger partial charge < -0.3 is 9.64 Å². The molecule has 1 saturated heterocycles. The Morgan fingerprint density at radius 1 is 1.17 bits per heavy atom. The Kier molecular flexibility index (Phi) is 7.28. The normalized spacial score (nSPS) is 15.6. The molecule has 0 saturated carbocycles. The molecule has 2 aromatic rings. The Morgan fingerprint density at radius 2 is 1.87 bits per heavy atom. The summed E-state index contributed by atoms with van der Waals surface area (Å²) in [4.78, 5) is 11.2. The van der Waals surface area contributed by atoms with Gasteiger partial charge in [0.05, 0.1) is 18.1 Å². The molecule has 7 nitrogen and oxygen atoms in total. The highest BCUT2D eigenvalue weighted by molar-refractivity contribution is 7.89. The van der Waals surface area contributed by atoms with E-state index in [1.807, 2.05) is 4.90 Å². The number of aromatic nitrogens is 2. The number of piperazine rings is 1. The maximum Gasteiger partial charge on any atom is 0.213 e. The van der Waals surface area contributed by atoms with Crippen LogP contribution in [0.3, 0.4) is 0 Å². The second-order valence-electron chi connectivity index (χ2n) is 7.12. The van der Waals surface area contributed by atoms with Gasteiger partial charge in [-0.2, -0.15) is 4.31 Å². The van der Waals surface area contributed by atoms with E-state index in [0.29, 0.717) is 54.1 Å². The van der Waals surface area contributed by atoms with Crippen molar-refractivity contribution in [1.82, 2.24) is 14.3 Å². The number of halogens is 2. The first-order valence-corrected chi connectivity index (χ1v) is 11.8. The Bertz CT molecular complexity index is 991. The van der Waals surface area contributed by atoms with Crippen LogP contribution < -0.4 is 4.90 Å². The largest absolute Gasteiger partial charge is 0.378 e. The fourth-order valence-electron chi connectivity index (χ4n) is 3.57. The third-order valence-electron chi connectivity index (χ3n) is 5.18. The van der Waals surface area contributed by atoms with Crippen LogP contribution in [0.25, 0.3) is 0 Å². The molecular weight excluding hydrogens is 431 g/mol. The number of hydrogen-bond acceptors (Lipinski definition) is 6. The molecule has 0 radical (unpaired) electrons. The summed E-state index contributed by atoms with van der Waals surface area (Å²) in [6, 6.07) is 4.59. The van der Waals surface area contributed by atoms with Crippen molar-refractivity contribution in [3.05, 3.63) is 51.7 Å². The zero-order valence-electron chi connectivity index (χ0n) is 17.4. The third-order valence-corrected chi connectivity index (χ3v) is 7.41. The molecule has 3 rings (SSSR count). The first kappa shape index (κ1) is 22.9. The number of methoxy groups -OCH3 is 1. The lowest BCUT2D eigenvalue weighted by Gasteiger charge is -2.35. The number of sulfonamides is 1. The number of hydrogen-bond donors (Lipinski definition) is 0. The number of rotatable bonds is 7. The van der Waals surface area contributed by atoms with Crippen molar-refractivity contribution in [1.29, 1.82) is 0 Å². The van der Waals surface area contributed by atoms with E-state index in [0.717, 1.165) is 5.56 Å². The van der Waals surface area contributed by atoms with Crippen molar-refractivity contribution in [3.8, 4) is 0 Å². The molecule has 1 aliphatic rings. The molecule has 0 unspecified atom stereocenters. The van der Waals surface area contributed by atoms with Gasteiger partial charge in [0.25, 0.3) is 0 Å². The molecule has 164 valence electrons. The van der Waals surface area contributed by atoms with Gasteiger partial charge in [-0.1, -0.05) is 17.7 Å². The Balaban J connectivity index is 1.98. The van der Waals surface area contributed by atoms with E-state index in [2.05, 4.69) is 9.97 Å². The Labute approximate surface area is 181 Å². The van der Waals surface area contributed by atoms with E-state index in [-0.39, 0.29) is 18.8 Å². The number of ether oxygens (including phenoxy) is 1. The lowest BCUT2D eigenvalue weighted by molar-refractivity contribution is 0.180. The standard InChI is InChI=1S/C20H26ClFN4O3S/c1-4-30(27,28)26-10-8-25(9-11-26)20-16(19(13-29-3)23-14(2)24-20)12-15-17(21)6-5-7-18(15)22/h5-7H,4,8-13H2,1-3H3. The summed E-state index contributed by atoms with van der Waals surface area (Å²) in [6.45, 7) is 5.41. The average Bonchev–Trinajstić information content (AvgIpc) is 2.72. The molecule has 0 N–H and O–H groups in total. The topological polar surface area (TPSA) is 75.6 Å². The van der Waals surface area contributed by atoms with Gasteiger partial charge in [0.15, 0.2) is 0 Å². The van der Waals surface area contributed by atoms with Crippen LogP contribution in [-0.4, -0.2) is 61.7 Å². The van der Waals surface area contributed by atoms with Gasteiger partial charge in [0.2, 0.25) is 10.0 Å². The summed E-state index contributed by atoms with van der Waals surface area (Å²) in [5.74, 6) is 0.928. The summed E-state index contributed by atoms with van der Waals surface area (Å²) in [5, 5.41) is 0.337. The number of benzene rings is 1. The van der Waals surface area contributed by atoms with Gasteiger partial charge in [0, 0.05) is 55.9 Å². The smallest absolute Gasteiger partial charge is 0.213 e. The lowest BCUT2D eigenvalue weighted by atomic mass is 10.0. The van der Waals surface area contributed by atoms with Crippen molar-refractivity contribution in [3.63, 3.8) is 0 Å². The number of nitrogens with zero attached hydrogens (tertiary/aromatic N) is 4. The van der Waals surface area contributed by atoms with Crippen LogP contribution in [0.2, 0.25) is 5.02 Å². The van der Waals surface area contributed by atoms with Crippen molar-refractivity contribution in [2.24, 2.45) is 0 Å². The summed E-state index contributed by atoms with van der Waals surface area (Å²) in [5.41, 5.74) is 1.78. The highest BCUT2D eigenvalue weighted by Gasteiger charge is 2.28. The van der Waals surface area contributed by atoms with Crippen LogP contribution in [0.4, 0.5) is 10.2 Å². The lowest BCUT2D eigenvalue weighted by Crippen LogP contribution is -2.49. The van der Waals surface area contributed by atoms with E-state index in [9.17, 15) is 12.8 Å². The van der Waals surface area contributed by atoms with E-state index in [1.165, 1.54) is 10.4 Å². The zero-order valence-corrected chi connectivity index (χ0v) is 18.9. The molecule has 0 aliphatic carbocycles. The molecule has 0 atom stereocenters. The first-order chi connectivity index (χ1) is 14.3. The van der Waals surface area contributed by atoms with Crippen LogP contribution in [0.5, 0.6) is 0 Å². The zero-order chi connectivity index (χ0) is 21.9. The van der Waals surface area contributed by atoms with Crippen molar-refractivity contribution in [2.75, 3.05) is 43.9 Å². The minimum atomic E-state index is -3.23. The maximum atomic E-state index is 14.5. The Hall–Kier alpha value is -1.81. The van der Waals surface area contributed by atoms with E-state index in [1.54, 1.807) is 33.1 Å². The predicted octanol–water partition coefficient (Wildman–Crippen LogP) is 2.79. The summed E-state index contributed by atoms with van der Waals surface area (Å²) < 4.78 is 45.7. The molecule has 0 spiro atoms. The van der Waals surface area contributed by atoms with Gasteiger partial charge in [-0.05, 0) is 26.0 Å². The van der Waals surface area contributed by atoms with Gasteiger partial charge in [-0.15, -0.1) is 0 Å². The molecule has 1 fully saturated rings. The molecule has 10 heteroatoms. The van der Waals surface area contributed by atoms with Crippen LogP contribution in [0.1, 0.15) is 29.6 Å². The second-order valence-corrected chi connectivity index (χ2v) is 9.78. The first-order valence-electron chi connectivity index (χ1n) is 9.77. The fraction of sp³-hybridized carbons (Fsp3) is 0.500.